The highest BCUT2D eigenvalue weighted by Gasteiger charge is 2.39. The number of aromatic amines is 1. The molecule has 3 N–H and O–H groups in total. The number of rotatable bonds is 4. The first-order valence-corrected chi connectivity index (χ1v) is 10.9. The van der Waals surface area contributed by atoms with Gasteiger partial charge in [-0.15, -0.1) is 10.2 Å². The monoisotopic (exact) mass is 433 g/mol. The standard InChI is InChI=1S/C25H31N5O2/c1-24(2)13-18(14-25(3,4)29-24)30(5)22-10-9-20(27-28-22)19-8-6-16(12-21(19)31)17-7-11-23(32)26-15-17/h6-12,15,18,29,31H,13-14H2,1-5H3,(H,26,32). The molecule has 2 aromatic heterocycles. The molecule has 4 rings (SSSR count). The number of phenols is 1. The van der Waals surface area contributed by atoms with Crippen molar-refractivity contribution < 1.29 is 5.11 Å². The minimum atomic E-state index is -0.161. The van der Waals surface area contributed by atoms with Gasteiger partial charge in [0.15, 0.2) is 5.82 Å². The molecule has 0 radical (unpaired) electrons. The van der Waals surface area contributed by atoms with Crippen LogP contribution >= 0.6 is 0 Å². The number of pyridine rings is 1. The van der Waals surface area contributed by atoms with E-state index in [0.29, 0.717) is 17.3 Å². The second-order valence-electron chi connectivity index (χ2n) is 10.0. The molecule has 1 aliphatic rings. The molecule has 3 aromatic rings. The van der Waals surface area contributed by atoms with Gasteiger partial charge in [0.1, 0.15) is 5.75 Å². The van der Waals surface area contributed by atoms with E-state index in [2.05, 4.69) is 60.1 Å². The summed E-state index contributed by atoms with van der Waals surface area (Å²) in [5, 5.41) is 23.2. The van der Waals surface area contributed by atoms with Gasteiger partial charge in [-0.25, -0.2) is 0 Å². The van der Waals surface area contributed by atoms with Crippen molar-refractivity contribution in [3.63, 3.8) is 0 Å². The molecule has 7 heteroatoms. The molecule has 1 saturated heterocycles. The van der Waals surface area contributed by atoms with Crippen molar-refractivity contribution in [1.29, 1.82) is 0 Å². The first-order valence-electron chi connectivity index (χ1n) is 10.9. The summed E-state index contributed by atoms with van der Waals surface area (Å²) >= 11 is 0. The molecule has 168 valence electrons. The lowest BCUT2D eigenvalue weighted by Crippen LogP contribution is -2.62. The lowest BCUT2D eigenvalue weighted by molar-refractivity contribution is 0.160. The fourth-order valence-electron chi connectivity index (χ4n) is 4.90. The number of nitrogens with zero attached hydrogens (tertiary/aromatic N) is 3. The van der Waals surface area contributed by atoms with Crippen LogP contribution in [0.3, 0.4) is 0 Å². The molecule has 1 fully saturated rings. The highest BCUT2D eigenvalue weighted by atomic mass is 16.3. The van der Waals surface area contributed by atoms with Crippen molar-refractivity contribution in [2.24, 2.45) is 0 Å². The van der Waals surface area contributed by atoms with Crippen molar-refractivity contribution in [3.05, 3.63) is 59.0 Å². The fraction of sp³-hybridized carbons (Fsp3) is 0.400. The summed E-state index contributed by atoms with van der Waals surface area (Å²) in [7, 11) is 2.07. The zero-order valence-corrected chi connectivity index (χ0v) is 19.3. The van der Waals surface area contributed by atoms with Crippen molar-refractivity contribution in [2.75, 3.05) is 11.9 Å². The van der Waals surface area contributed by atoms with E-state index in [1.54, 1.807) is 18.3 Å². The molecule has 32 heavy (non-hydrogen) atoms. The number of aromatic nitrogens is 3. The van der Waals surface area contributed by atoms with Crippen LogP contribution in [0.2, 0.25) is 0 Å². The van der Waals surface area contributed by atoms with Gasteiger partial charge in [-0.05, 0) is 82.0 Å². The van der Waals surface area contributed by atoms with Gasteiger partial charge in [0.2, 0.25) is 5.56 Å². The molecule has 0 aliphatic carbocycles. The SMILES string of the molecule is CN(c1ccc(-c2ccc(-c3ccc(=O)[nH]c3)cc2O)nn1)C1CC(C)(C)NC(C)(C)C1. The fourth-order valence-corrected chi connectivity index (χ4v) is 4.90. The quantitative estimate of drug-likeness (QED) is 0.577. The summed E-state index contributed by atoms with van der Waals surface area (Å²) in [5.41, 5.74) is 2.79. The van der Waals surface area contributed by atoms with E-state index in [1.165, 1.54) is 6.07 Å². The Bertz CT molecular complexity index is 1130. The predicted molar refractivity (Wildman–Crippen MR) is 128 cm³/mol. The van der Waals surface area contributed by atoms with Gasteiger partial charge in [0.25, 0.3) is 0 Å². The van der Waals surface area contributed by atoms with Crippen molar-refractivity contribution in [1.82, 2.24) is 20.5 Å². The number of aromatic hydroxyl groups is 1. The average Bonchev–Trinajstić information content (AvgIpc) is 2.72. The minimum absolute atomic E-state index is 0.0490. The van der Waals surface area contributed by atoms with Gasteiger partial charge in [-0.2, -0.15) is 0 Å². The summed E-state index contributed by atoms with van der Waals surface area (Å²) in [5.74, 6) is 0.933. The maximum atomic E-state index is 11.3. The van der Waals surface area contributed by atoms with E-state index in [1.807, 2.05) is 24.3 Å². The molecule has 3 heterocycles. The topological polar surface area (TPSA) is 94.1 Å². The molecule has 0 atom stereocenters. The predicted octanol–water partition coefficient (Wildman–Crippen LogP) is 3.95. The molecule has 0 saturated carbocycles. The lowest BCUT2D eigenvalue weighted by atomic mass is 9.79. The van der Waals surface area contributed by atoms with E-state index in [9.17, 15) is 9.90 Å². The van der Waals surface area contributed by atoms with Crippen molar-refractivity contribution in [3.8, 4) is 28.1 Å². The van der Waals surface area contributed by atoms with Gasteiger partial charge < -0.3 is 20.3 Å². The number of anilines is 1. The number of H-pyrrole nitrogens is 1. The highest BCUT2D eigenvalue weighted by molar-refractivity contribution is 5.74. The Morgan fingerprint density at radius 1 is 0.969 bits per heavy atom. The number of benzene rings is 1. The maximum Gasteiger partial charge on any atom is 0.247 e. The van der Waals surface area contributed by atoms with Gasteiger partial charge in [0.05, 0.1) is 5.69 Å². The molecular formula is C25H31N5O2. The van der Waals surface area contributed by atoms with Crippen LogP contribution in [0.25, 0.3) is 22.4 Å². The molecule has 7 nitrogen and oxygen atoms in total. The Labute approximate surface area is 188 Å². The third-order valence-corrected chi connectivity index (χ3v) is 6.12. The normalized spacial score (nSPS) is 17.8. The minimum Gasteiger partial charge on any atom is -0.507 e. The average molecular weight is 434 g/mol. The van der Waals surface area contributed by atoms with Crippen LogP contribution in [0.1, 0.15) is 40.5 Å². The second kappa shape index (κ2) is 8.06. The summed E-state index contributed by atoms with van der Waals surface area (Å²) in [6.07, 6.45) is 3.66. The molecule has 1 aromatic carbocycles. The van der Waals surface area contributed by atoms with E-state index < -0.39 is 0 Å². The first kappa shape index (κ1) is 22.0. The Morgan fingerprint density at radius 2 is 1.66 bits per heavy atom. The van der Waals surface area contributed by atoms with Gasteiger partial charge in [-0.1, -0.05) is 6.07 Å². The number of hydrogen-bond donors (Lipinski definition) is 3. The van der Waals surface area contributed by atoms with Crippen LogP contribution in [0.15, 0.2) is 53.5 Å². The molecule has 0 unspecified atom stereocenters. The number of hydrogen-bond acceptors (Lipinski definition) is 6. The Balaban J connectivity index is 1.54. The zero-order chi connectivity index (χ0) is 23.1. The summed E-state index contributed by atoms with van der Waals surface area (Å²) in [6.45, 7) is 8.96. The van der Waals surface area contributed by atoms with Crippen LogP contribution in [0.4, 0.5) is 5.82 Å². The van der Waals surface area contributed by atoms with Gasteiger partial charge >= 0.3 is 0 Å². The van der Waals surface area contributed by atoms with E-state index in [-0.39, 0.29) is 22.4 Å². The van der Waals surface area contributed by atoms with Gasteiger partial charge in [-0.3, -0.25) is 4.79 Å². The molecule has 0 bridgehead atoms. The van der Waals surface area contributed by atoms with Crippen LogP contribution < -0.4 is 15.8 Å². The number of nitrogens with one attached hydrogen (secondary N) is 2. The van der Waals surface area contributed by atoms with Gasteiger partial charge in [0, 0.05) is 42.0 Å². The molecule has 1 aliphatic heterocycles. The van der Waals surface area contributed by atoms with Crippen LogP contribution in [0.5, 0.6) is 5.75 Å². The third-order valence-electron chi connectivity index (χ3n) is 6.12. The van der Waals surface area contributed by atoms with Crippen molar-refractivity contribution in [2.45, 2.75) is 57.7 Å². The zero-order valence-electron chi connectivity index (χ0n) is 19.3. The number of piperidine rings is 1. The molecule has 0 spiro atoms. The molecule has 0 amide bonds. The number of phenolic OH excluding ortho intramolecular Hbond substituents is 1. The smallest absolute Gasteiger partial charge is 0.247 e. The Morgan fingerprint density at radius 3 is 2.22 bits per heavy atom. The summed E-state index contributed by atoms with van der Waals surface area (Å²) in [6, 6.07) is 12.8. The largest absolute Gasteiger partial charge is 0.507 e. The summed E-state index contributed by atoms with van der Waals surface area (Å²) < 4.78 is 0. The Kier molecular flexibility index (Phi) is 5.54. The van der Waals surface area contributed by atoms with E-state index in [4.69, 9.17) is 0 Å². The Hall–Kier alpha value is -3.19. The van der Waals surface area contributed by atoms with E-state index >= 15 is 0 Å². The first-order chi connectivity index (χ1) is 15.0. The van der Waals surface area contributed by atoms with Crippen LogP contribution in [0, 0.1) is 0 Å². The van der Waals surface area contributed by atoms with Crippen molar-refractivity contribution >= 4 is 5.82 Å². The third kappa shape index (κ3) is 4.67. The maximum absolute atomic E-state index is 11.3. The van der Waals surface area contributed by atoms with Crippen LogP contribution in [-0.2, 0) is 0 Å². The van der Waals surface area contributed by atoms with Crippen LogP contribution in [-0.4, -0.2) is 44.5 Å². The second-order valence-corrected chi connectivity index (χ2v) is 10.0. The summed E-state index contributed by atoms with van der Waals surface area (Å²) in [4.78, 5) is 16.1. The van der Waals surface area contributed by atoms with E-state index in [0.717, 1.165) is 29.8 Å². The highest BCUT2D eigenvalue weighted by Crippen LogP contribution is 2.34. The lowest BCUT2D eigenvalue weighted by Gasteiger charge is -2.49. The molecular weight excluding hydrogens is 402 g/mol.